The highest BCUT2D eigenvalue weighted by molar-refractivity contribution is 5.91. The molecule has 1 rings (SSSR count). The molecule has 1 aromatic rings. The summed E-state index contributed by atoms with van der Waals surface area (Å²) in [6.45, 7) is 10.8. The standard InChI is InChI=1S/C31H40O8/c1-17(32)9-25-26(10-18(2)33)28(12-20(4)35)30(29(13-21(5)36)27(25)11-19(3)34)31(14-22(6)37,15-23(7)38)16-24(8)39/h9-16H2,1-8H3. The first kappa shape index (κ1) is 33.6. The van der Waals surface area contributed by atoms with Gasteiger partial charge < -0.3 is 0 Å². The van der Waals surface area contributed by atoms with Gasteiger partial charge in [-0.2, -0.15) is 0 Å². The summed E-state index contributed by atoms with van der Waals surface area (Å²) in [4.78, 5) is 101. The molecule has 8 nitrogen and oxygen atoms in total. The van der Waals surface area contributed by atoms with Gasteiger partial charge in [0, 0.05) is 56.8 Å². The van der Waals surface area contributed by atoms with Crippen LogP contribution in [-0.4, -0.2) is 46.3 Å². The highest BCUT2D eigenvalue weighted by Crippen LogP contribution is 2.45. The van der Waals surface area contributed by atoms with E-state index in [0.29, 0.717) is 33.4 Å². The lowest BCUT2D eigenvalue weighted by Crippen LogP contribution is -2.38. The molecule has 0 N–H and O–H groups in total. The van der Waals surface area contributed by atoms with E-state index >= 15 is 0 Å². The average molecular weight is 541 g/mol. The van der Waals surface area contributed by atoms with Gasteiger partial charge >= 0.3 is 0 Å². The minimum atomic E-state index is -1.41. The molecular formula is C31H40O8. The molecular weight excluding hydrogens is 500 g/mol. The Hall–Kier alpha value is -3.42. The van der Waals surface area contributed by atoms with Gasteiger partial charge in [-0.15, -0.1) is 0 Å². The predicted molar refractivity (Wildman–Crippen MR) is 146 cm³/mol. The van der Waals surface area contributed by atoms with Crippen LogP contribution in [-0.2, 0) is 75.9 Å². The molecule has 0 aliphatic heterocycles. The molecule has 0 bridgehead atoms. The molecule has 0 saturated carbocycles. The van der Waals surface area contributed by atoms with Gasteiger partial charge in [-0.3, -0.25) is 38.4 Å². The topological polar surface area (TPSA) is 137 Å². The number of carbonyl (C=O) groups is 8. The van der Waals surface area contributed by atoms with Gasteiger partial charge in [0.25, 0.3) is 0 Å². The number of hydrogen-bond acceptors (Lipinski definition) is 8. The number of benzene rings is 1. The molecule has 0 aromatic heterocycles. The zero-order valence-electron chi connectivity index (χ0n) is 24.4. The van der Waals surface area contributed by atoms with E-state index in [2.05, 4.69) is 0 Å². The summed E-state index contributed by atoms with van der Waals surface area (Å²) in [6, 6.07) is 0. The molecule has 0 radical (unpaired) electrons. The van der Waals surface area contributed by atoms with Gasteiger partial charge in [-0.1, -0.05) is 0 Å². The van der Waals surface area contributed by atoms with E-state index in [-0.39, 0.29) is 97.6 Å². The molecule has 0 heterocycles. The van der Waals surface area contributed by atoms with Gasteiger partial charge in [0.05, 0.1) is 0 Å². The minimum absolute atomic E-state index is 0.138. The molecule has 0 atom stereocenters. The lowest BCUT2D eigenvalue weighted by molar-refractivity contribution is -0.123. The molecule has 0 spiro atoms. The first-order valence-electron chi connectivity index (χ1n) is 13.0. The first-order valence-corrected chi connectivity index (χ1v) is 13.0. The number of ketones is 8. The van der Waals surface area contributed by atoms with Crippen LogP contribution in [0.5, 0.6) is 0 Å². The molecule has 0 unspecified atom stereocenters. The van der Waals surface area contributed by atoms with Crippen molar-refractivity contribution in [3.63, 3.8) is 0 Å². The Morgan fingerprint density at radius 3 is 0.769 bits per heavy atom. The van der Waals surface area contributed by atoms with Crippen molar-refractivity contribution in [3.8, 4) is 0 Å². The summed E-state index contributed by atoms with van der Waals surface area (Å²) in [5.74, 6) is -2.28. The van der Waals surface area contributed by atoms with E-state index < -0.39 is 5.41 Å². The van der Waals surface area contributed by atoms with Crippen LogP contribution in [0.2, 0.25) is 0 Å². The second kappa shape index (κ2) is 14.1. The van der Waals surface area contributed by atoms with Crippen LogP contribution < -0.4 is 0 Å². The van der Waals surface area contributed by atoms with E-state index in [1.807, 2.05) is 0 Å². The second-order valence-electron chi connectivity index (χ2n) is 11.1. The van der Waals surface area contributed by atoms with Crippen molar-refractivity contribution in [3.05, 3.63) is 33.4 Å². The van der Waals surface area contributed by atoms with Crippen LogP contribution >= 0.6 is 0 Å². The van der Waals surface area contributed by atoms with Crippen molar-refractivity contribution in [1.29, 1.82) is 0 Å². The van der Waals surface area contributed by atoms with E-state index in [1.165, 1.54) is 55.4 Å². The molecule has 212 valence electrons. The van der Waals surface area contributed by atoms with Crippen LogP contribution in [0, 0.1) is 0 Å². The van der Waals surface area contributed by atoms with Gasteiger partial charge in [0.2, 0.25) is 0 Å². The van der Waals surface area contributed by atoms with Gasteiger partial charge in [-0.25, -0.2) is 0 Å². The zero-order chi connectivity index (χ0) is 30.2. The minimum Gasteiger partial charge on any atom is -0.300 e. The van der Waals surface area contributed by atoms with Gasteiger partial charge in [0.15, 0.2) is 0 Å². The third-order valence-electron chi connectivity index (χ3n) is 6.48. The highest BCUT2D eigenvalue weighted by atomic mass is 16.1. The maximum Gasteiger partial charge on any atom is 0.134 e. The smallest absolute Gasteiger partial charge is 0.134 e. The van der Waals surface area contributed by atoms with Crippen molar-refractivity contribution in [2.24, 2.45) is 0 Å². The van der Waals surface area contributed by atoms with Crippen molar-refractivity contribution >= 4 is 46.3 Å². The van der Waals surface area contributed by atoms with Crippen LogP contribution in [0.15, 0.2) is 0 Å². The Morgan fingerprint density at radius 1 is 0.359 bits per heavy atom. The summed E-state index contributed by atoms with van der Waals surface area (Å²) >= 11 is 0. The lowest BCUT2D eigenvalue weighted by atomic mass is 9.63. The molecule has 0 aliphatic carbocycles. The SMILES string of the molecule is CC(=O)Cc1c(CC(C)=O)c(CC(C)=O)c(C(CC(C)=O)(CC(C)=O)CC(C)=O)c(CC(C)=O)c1CC(C)=O. The second-order valence-corrected chi connectivity index (χ2v) is 11.1. The number of rotatable bonds is 17. The van der Waals surface area contributed by atoms with Crippen molar-refractivity contribution < 1.29 is 38.4 Å². The molecule has 8 heteroatoms. The summed E-state index contributed by atoms with van der Waals surface area (Å²) < 4.78 is 0. The fourth-order valence-corrected chi connectivity index (χ4v) is 5.83. The van der Waals surface area contributed by atoms with Crippen LogP contribution in [0.3, 0.4) is 0 Å². The summed E-state index contributed by atoms with van der Waals surface area (Å²) in [7, 11) is 0. The number of carbonyl (C=O) groups excluding carboxylic acids is 8. The van der Waals surface area contributed by atoms with Crippen molar-refractivity contribution in [2.45, 2.75) is 112 Å². The zero-order valence-corrected chi connectivity index (χ0v) is 24.4. The Balaban J connectivity index is 4.76. The van der Waals surface area contributed by atoms with Crippen molar-refractivity contribution in [2.75, 3.05) is 0 Å². The van der Waals surface area contributed by atoms with Crippen molar-refractivity contribution in [1.82, 2.24) is 0 Å². The largest absolute Gasteiger partial charge is 0.300 e. The lowest BCUT2D eigenvalue weighted by Gasteiger charge is -2.39. The Morgan fingerprint density at radius 2 is 0.564 bits per heavy atom. The summed E-state index contributed by atoms with van der Waals surface area (Å²) in [5.41, 5.74) is 0.783. The number of hydrogen-bond donors (Lipinski definition) is 0. The number of Topliss-reactive ketones (excluding diaryl/α,β-unsaturated/α-hetero) is 8. The normalized spacial score (nSPS) is 11.2. The monoisotopic (exact) mass is 540 g/mol. The third-order valence-corrected chi connectivity index (χ3v) is 6.48. The molecule has 0 aliphatic rings. The van der Waals surface area contributed by atoms with Gasteiger partial charge in [0.1, 0.15) is 46.3 Å². The van der Waals surface area contributed by atoms with Crippen LogP contribution in [0.4, 0.5) is 0 Å². The average Bonchev–Trinajstić information content (AvgIpc) is 2.69. The summed E-state index contributed by atoms with van der Waals surface area (Å²) in [6.07, 6.45) is -1.57. The van der Waals surface area contributed by atoms with Crippen LogP contribution in [0.25, 0.3) is 0 Å². The van der Waals surface area contributed by atoms with E-state index in [9.17, 15) is 38.4 Å². The predicted octanol–water partition coefficient (Wildman–Crippen LogP) is 3.52. The Bertz CT molecular complexity index is 1130. The molecule has 0 fully saturated rings. The van der Waals surface area contributed by atoms with E-state index in [0.717, 1.165) is 0 Å². The first-order chi connectivity index (χ1) is 17.9. The van der Waals surface area contributed by atoms with E-state index in [1.54, 1.807) is 0 Å². The maximum atomic E-state index is 12.7. The van der Waals surface area contributed by atoms with Crippen LogP contribution in [0.1, 0.15) is 108 Å². The third kappa shape index (κ3) is 9.68. The molecule has 0 amide bonds. The Labute approximate surface area is 230 Å². The molecule has 1 aromatic carbocycles. The fraction of sp³-hybridized carbons (Fsp3) is 0.548. The molecule has 0 saturated heterocycles. The highest BCUT2D eigenvalue weighted by Gasteiger charge is 2.42. The summed E-state index contributed by atoms with van der Waals surface area (Å²) in [5, 5.41) is 0. The Kier molecular flexibility index (Phi) is 12.2. The van der Waals surface area contributed by atoms with E-state index in [4.69, 9.17) is 0 Å². The molecule has 39 heavy (non-hydrogen) atoms. The maximum absolute atomic E-state index is 12.7. The van der Waals surface area contributed by atoms with Gasteiger partial charge in [-0.05, 0) is 88.8 Å². The fourth-order valence-electron chi connectivity index (χ4n) is 5.83. The quantitative estimate of drug-likeness (QED) is 0.293.